The predicted molar refractivity (Wildman–Crippen MR) is 139 cm³/mol. The SMILES string of the molecule is COc1cc(C=C2SC(=S)N(c3ccccc3)C2=O)ccc1OC(=O)c1ccccc1I. The molecule has 0 N–H and O–H groups in total. The molecule has 4 rings (SSSR count). The molecular formula is C24H16INO4S2. The molecule has 0 spiro atoms. The maximum absolute atomic E-state index is 12.9. The summed E-state index contributed by atoms with van der Waals surface area (Å²) in [5.41, 5.74) is 1.93. The number of ether oxygens (including phenoxy) is 2. The van der Waals surface area contributed by atoms with Gasteiger partial charge in [-0.1, -0.05) is 60.4 Å². The summed E-state index contributed by atoms with van der Waals surface area (Å²) in [7, 11) is 1.50. The molecule has 1 heterocycles. The van der Waals surface area contributed by atoms with Crippen LogP contribution < -0.4 is 14.4 Å². The third kappa shape index (κ3) is 4.72. The van der Waals surface area contributed by atoms with Crippen molar-refractivity contribution in [1.82, 2.24) is 0 Å². The number of thioether (sulfide) groups is 1. The lowest BCUT2D eigenvalue weighted by molar-refractivity contribution is -0.113. The zero-order valence-corrected chi connectivity index (χ0v) is 20.6. The van der Waals surface area contributed by atoms with Crippen LogP contribution in [-0.2, 0) is 4.79 Å². The molecule has 0 atom stereocenters. The van der Waals surface area contributed by atoms with Crippen LogP contribution in [0.1, 0.15) is 15.9 Å². The van der Waals surface area contributed by atoms with E-state index in [9.17, 15) is 9.59 Å². The fourth-order valence-corrected chi connectivity index (χ4v) is 4.97. The first-order chi connectivity index (χ1) is 15.5. The molecule has 3 aromatic rings. The first kappa shape index (κ1) is 22.5. The molecule has 0 aromatic heterocycles. The number of amides is 1. The number of para-hydroxylation sites is 1. The Hall–Kier alpha value is -2.69. The molecule has 0 bridgehead atoms. The standard InChI is InChI=1S/C24H16INO4S2/c1-29-20-13-15(11-12-19(20)30-23(28)17-9-5-6-10-18(17)25)14-21-22(27)26(24(31)32-21)16-7-3-2-4-8-16/h2-14H,1H3. The van der Waals surface area contributed by atoms with E-state index < -0.39 is 5.97 Å². The van der Waals surface area contributed by atoms with Crippen molar-refractivity contribution in [3.8, 4) is 11.5 Å². The van der Waals surface area contributed by atoms with E-state index in [0.717, 1.165) is 14.8 Å². The zero-order chi connectivity index (χ0) is 22.7. The van der Waals surface area contributed by atoms with Gasteiger partial charge in [-0.3, -0.25) is 9.69 Å². The van der Waals surface area contributed by atoms with Gasteiger partial charge in [-0.2, -0.15) is 0 Å². The second-order valence-electron chi connectivity index (χ2n) is 6.63. The molecule has 0 saturated carbocycles. The topological polar surface area (TPSA) is 55.8 Å². The monoisotopic (exact) mass is 573 g/mol. The maximum Gasteiger partial charge on any atom is 0.344 e. The van der Waals surface area contributed by atoms with Crippen molar-refractivity contribution in [2.75, 3.05) is 12.0 Å². The number of benzene rings is 3. The summed E-state index contributed by atoms with van der Waals surface area (Å²) in [6.45, 7) is 0. The van der Waals surface area contributed by atoms with Crippen molar-refractivity contribution in [2.24, 2.45) is 0 Å². The van der Waals surface area contributed by atoms with Crippen molar-refractivity contribution in [3.05, 3.63) is 92.4 Å². The summed E-state index contributed by atoms with van der Waals surface area (Å²) in [5.74, 6) is 0.0341. The highest BCUT2D eigenvalue weighted by atomic mass is 127. The van der Waals surface area contributed by atoms with Crippen LogP contribution in [0.2, 0.25) is 0 Å². The Morgan fingerprint density at radius 3 is 2.47 bits per heavy atom. The van der Waals surface area contributed by atoms with Crippen LogP contribution in [0.25, 0.3) is 6.08 Å². The van der Waals surface area contributed by atoms with Gasteiger partial charge in [0.15, 0.2) is 15.8 Å². The van der Waals surface area contributed by atoms with E-state index in [1.54, 1.807) is 36.4 Å². The molecule has 0 unspecified atom stereocenters. The molecule has 32 heavy (non-hydrogen) atoms. The Labute approximate surface area is 208 Å². The number of rotatable bonds is 5. The largest absolute Gasteiger partial charge is 0.493 e. The van der Waals surface area contributed by atoms with Gasteiger partial charge in [0, 0.05) is 3.57 Å². The van der Waals surface area contributed by atoms with Gasteiger partial charge in [0.2, 0.25) is 0 Å². The van der Waals surface area contributed by atoms with E-state index in [2.05, 4.69) is 22.6 Å². The second-order valence-corrected chi connectivity index (χ2v) is 9.47. The lowest BCUT2D eigenvalue weighted by Gasteiger charge is -2.13. The van der Waals surface area contributed by atoms with E-state index in [0.29, 0.717) is 26.3 Å². The van der Waals surface area contributed by atoms with Crippen LogP contribution in [0.3, 0.4) is 0 Å². The van der Waals surface area contributed by atoms with Crippen LogP contribution >= 0.6 is 46.6 Å². The van der Waals surface area contributed by atoms with E-state index in [4.69, 9.17) is 21.7 Å². The van der Waals surface area contributed by atoms with E-state index in [-0.39, 0.29) is 5.91 Å². The number of carbonyl (C=O) groups is 2. The van der Waals surface area contributed by atoms with Gasteiger partial charge in [-0.05, 0) is 70.6 Å². The minimum absolute atomic E-state index is 0.181. The van der Waals surface area contributed by atoms with Crippen molar-refractivity contribution >= 4 is 74.5 Å². The second kappa shape index (κ2) is 9.85. The number of carbonyl (C=O) groups excluding carboxylic acids is 2. The fraction of sp³-hybridized carbons (Fsp3) is 0.0417. The Morgan fingerprint density at radius 2 is 1.75 bits per heavy atom. The number of methoxy groups -OCH3 is 1. The third-order valence-electron chi connectivity index (χ3n) is 4.59. The molecule has 5 nitrogen and oxygen atoms in total. The number of esters is 1. The first-order valence-corrected chi connectivity index (χ1v) is 11.8. The van der Waals surface area contributed by atoms with Crippen molar-refractivity contribution in [2.45, 2.75) is 0 Å². The Bertz CT molecular complexity index is 1240. The van der Waals surface area contributed by atoms with Crippen molar-refractivity contribution in [3.63, 3.8) is 0 Å². The molecule has 160 valence electrons. The summed E-state index contributed by atoms with van der Waals surface area (Å²) >= 11 is 8.74. The van der Waals surface area contributed by atoms with Crippen LogP contribution in [0.4, 0.5) is 5.69 Å². The normalized spacial score (nSPS) is 14.7. The number of halogens is 1. The van der Waals surface area contributed by atoms with Gasteiger partial charge in [0.1, 0.15) is 0 Å². The number of thiocarbonyl (C=S) groups is 1. The van der Waals surface area contributed by atoms with Gasteiger partial charge in [0.05, 0.1) is 23.3 Å². The summed E-state index contributed by atoms with van der Waals surface area (Å²) < 4.78 is 12.2. The average molecular weight is 573 g/mol. The number of nitrogens with zero attached hydrogens (tertiary/aromatic N) is 1. The molecule has 0 aliphatic carbocycles. The lowest BCUT2D eigenvalue weighted by atomic mass is 10.1. The Balaban J connectivity index is 1.57. The molecular weight excluding hydrogens is 557 g/mol. The highest BCUT2D eigenvalue weighted by Crippen LogP contribution is 2.37. The highest BCUT2D eigenvalue weighted by molar-refractivity contribution is 14.1. The van der Waals surface area contributed by atoms with Crippen LogP contribution in [0.15, 0.2) is 77.7 Å². The van der Waals surface area contributed by atoms with E-state index in [1.807, 2.05) is 42.5 Å². The van der Waals surface area contributed by atoms with E-state index in [1.165, 1.54) is 23.8 Å². The molecule has 0 radical (unpaired) electrons. The highest BCUT2D eigenvalue weighted by Gasteiger charge is 2.33. The number of anilines is 1. The summed E-state index contributed by atoms with van der Waals surface area (Å²) in [6, 6.07) is 21.6. The predicted octanol–water partition coefficient (Wildman–Crippen LogP) is 5.92. The van der Waals surface area contributed by atoms with Crippen LogP contribution in [-0.4, -0.2) is 23.3 Å². The zero-order valence-electron chi connectivity index (χ0n) is 16.8. The molecule has 1 saturated heterocycles. The van der Waals surface area contributed by atoms with Gasteiger partial charge < -0.3 is 9.47 Å². The van der Waals surface area contributed by atoms with Gasteiger partial charge >= 0.3 is 5.97 Å². The van der Waals surface area contributed by atoms with Crippen LogP contribution in [0, 0.1) is 3.57 Å². The number of hydrogen-bond acceptors (Lipinski definition) is 6. The Morgan fingerprint density at radius 1 is 1.03 bits per heavy atom. The Kier molecular flexibility index (Phi) is 6.92. The third-order valence-corrected chi connectivity index (χ3v) is 6.83. The minimum atomic E-state index is -0.468. The smallest absolute Gasteiger partial charge is 0.344 e. The summed E-state index contributed by atoms with van der Waals surface area (Å²) in [4.78, 5) is 27.5. The quantitative estimate of drug-likeness (QED) is 0.124. The lowest BCUT2D eigenvalue weighted by Crippen LogP contribution is -2.27. The molecule has 8 heteroatoms. The van der Waals surface area contributed by atoms with Crippen molar-refractivity contribution < 1.29 is 19.1 Å². The molecule has 1 amide bonds. The van der Waals surface area contributed by atoms with Crippen molar-refractivity contribution in [1.29, 1.82) is 0 Å². The van der Waals surface area contributed by atoms with Crippen LogP contribution in [0.5, 0.6) is 11.5 Å². The summed E-state index contributed by atoms with van der Waals surface area (Å²) in [5, 5.41) is 0. The molecule has 1 aliphatic rings. The number of hydrogen-bond donors (Lipinski definition) is 0. The average Bonchev–Trinajstić information content (AvgIpc) is 3.08. The fourth-order valence-electron chi connectivity index (χ4n) is 3.06. The van der Waals surface area contributed by atoms with Gasteiger partial charge in [-0.15, -0.1) is 0 Å². The van der Waals surface area contributed by atoms with Gasteiger partial charge in [0.25, 0.3) is 5.91 Å². The maximum atomic E-state index is 12.9. The van der Waals surface area contributed by atoms with E-state index >= 15 is 0 Å². The molecule has 3 aromatic carbocycles. The minimum Gasteiger partial charge on any atom is -0.493 e. The first-order valence-electron chi connectivity index (χ1n) is 9.45. The molecule has 1 aliphatic heterocycles. The molecule has 1 fully saturated rings. The van der Waals surface area contributed by atoms with Gasteiger partial charge in [-0.25, -0.2) is 4.79 Å². The summed E-state index contributed by atoms with van der Waals surface area (Å²) in [6.07, 6.45) is 1.75.